The van der Waals surface area contributed by atoms with Gasteiger partial charge in [0.2, 0.25) is 5.88 Å². The van der Waals surface area contributed by atoms with Crippen LogP contribution in [0.2, 0.25) is 0 Å². The van der Waals surface area contributed by atoms with Gasteiger partial charge in [0.15, 0.2) is 11.4 Å². The minimum absolute atomic E-state index is 0.0403. The van der Waals surface area contributed by atoms with Crippen LogP contribution < -0.4 is 4.74 Å². The van der Waals surface area contributed by atoms with Gasteiger partial charge in [-0.2, -0.15) is 9.65 Å². The van der Waals surface area contributed by atoms with Crippen molar-refractivity contribution in [2.24, 2.45) is 0 Å². The number of aromatic nitrogens is 3. The molecule has 0 aromatic carbocycles. The number of nitrogens with zero attached hydrogens (tertiary/aromatic N) is 4. The smallest absolute Gasteiger partial charge is 0.255 e. The van der Waals surface area contributed by atoms with Gasteiger partial charge in [0.05, 0.1) is 0 Å². The molecular formula is C10H5FN4O. The molecule has 0 spiro atoms. The third kappa shape index (κ3) is 2.09. The van der Waals surface area contributed by atoms with E-state index in [-0.39, 0.29) is 17.3 Å². The van der Waals surface area contributed by atoms with Crippen LogP contribution in [0.5, 0.6) is 11.6 Å². The molecule has 0 aliphatic rings. The molecule has 0 atom stereocenters. The zero-order valence-corrected chi connectivity index (χ0v) is 7.96. The summed E-state index contributed by atoms with van der Waals surface area (Å²) in [6.07, 6.45) is 1.31. The van der Waals surface area contributed by atoms with Crippen LogP contribution in [-0.4, -0.2) is 15.2 Å². The van der Waals surface area contributed by atoms with Crippen molar-refractivity contribution < 1.29 is 9.13 Å². The molecule has 0 saturated carbocycles. The second kappa shape index (κ2) is 4.31. The molecule has 0 fully saturated rings. The van der Waals surface area contributed by atoms with Crippen LogP contribution in [-0.2, 0) is 0 Å². The fraction of sp³-hybridized carbons (Fsp3) is 0. The van der Waals surface area contributed by atoms with E-state index in [4.69, 9.17) is 10.00 Å². The lowest BCUT2D eigenvalue weighted by Gasteiger charge is -2.03. The van der Waals surface area contributed by atoms with Gasteiger partial charge in [-0.1, -0.05) is 0 Å². The van der Waals surface area contributed by atoms with Crippen molar-refractivity contribution in [2.75, 3.05) is 0 Å². The van der Waals surface area contributed by atoms with E-state index in [9.17, 15) is 4.39 Å². The average Bonchev–Trinajstić information content (AvgIpc) is 2.33. The van der Waals surface area contributed by atoms with Crippen molar-refractivity contribution in [1.82, 2.24) is 15.2 Å². The van der Waals surface area contributed by atoms with Crippen LogP contribution in [0, 0.1) is 17.3 Å². The Morgan fingerprint density at radius 1 is 1.25 bits per heavy atom. The Bertz CT molecular complexity index is 535. The highest BCUT2D eigenvalue weighted by molar-refractivity contribution is 5.26. The summed E-state index contributed by atoms with van der Waals surface area (Å²) < 4.78 is 18.2. The largest absolute Gasteiger partial charge is 0.433 e. The van der Waals surface area contributed by atoms with E-state index in [1.54, 1.807) is 0 Å². The molecule has 5 nitrogen and oxygen atoms in total. The maximum atomic E-state index is 13.1. The van der Waals surface area contributed by atoms with Gasteiger partial charge < -0.3 is 4.74 Å². The molecule has 0 bridgehead atoms. The molecule has 0 aliphatic carbocycles. The van der Waals surface area contributed by atoms with Crippen molar-refractivity contribution in [3.05, 3.63) is 42.1 Å². The molecule has 2 aromatic heterocycles. The molecule has 0 N–H and O–H groups in total. The predicted molar refractivity (Wildman–Crippen MR) is 51.0 cm³/mol. The molecule has 6 heteroatoms. The van der Waals surface area contributed by atoms with Crippen LogP contribution in [0.15, 0.2) is 30.5 Å². The fourth-order valence-corrected chi connectivity index (χ4v) is 0.994. The average molecular weight is 216 g/mol. The summed E-state index contributed by atoms with van der Waals surface area (Å²) >= 11 is 0. The fourth-order valence-electron chi connectivity index (χ4n) is 0.994. The first-order valence-corrected chi connectivity index (χ1v) is 4.32. The molecule has 2 heterocycles. The number of rotatable bonds is 2. The van der Waals surface area contributed by atoms with Gasteiger partial charge in [-0.25, -0.2) is 4.98 Å². The zero-order chi connectivity index (χ0) is 11.4. The molecule has 2 aromatic rings. The number of halogens is 1. The van der Waals surface area contributed by atoms with Gasteiger partial charge in [0, 0.05) is 12.3 Å². The summed E-state index contributed by atoms with van der Waals surface area (Å²) in [6.45, 7) is 0. The zero-order valence-electron chi connectivity index (χ0n) is 7.96. The number of hydrogen-bond donors (Lipinski definition) is 0. The third-order valence-corrected chi connectivity index (χ3v) is 1.69. The first-order chi connectivity index (χ1) is 7.79. The highest BCUT2D eigenvalue weighted by Crippen LogP contribution is 2.19. The molecular weight excluding hydrogens is 211 g/mol. The lowest BCUT2D eigenvalue weighted by molar-refractivity contribution is 0.411. The summed E-state index contributed by atoms with van der Waals surface area (Å²) in [4.78, 5) is 3.42. The Hall–Kier alpha value is -2.55. The van der Waals surface area contributed by atoms with E-state index < -0.39 is 5.95 Å². The van der Waals surface area contributed by atoms with Gasteiger partial charge in [-0.15, -0.1) is 10.2 Å². The maximum Gasteiger partial charge on any atom is 0.255 e. The van der Waals surface area contributed by atoms with Crippen molar-refractivity contribution in [3.63, 3.8) is 0 Å². The van der Waals surface area contributed by atoms with Crippen molar-refractivity contribution in [3.8, 4) is 17.7 Å². The van der Waals surface area contributed by atoms with Crippen LogP contribution in [0.3, 0.4) is 0 Å². The quantitative estimate of drug-likeness (QED) is 0.714. The molecule has 0 aliphatic heterocycles. The first-order valence-electron chi connectivity index (χ1n) is 4.32. The standard InChI is InChI=1S/C10H5FN4O/c11-10-8(2-1-5-13-10)16-9-4-3-7(6-12)14-15-9/h1-5H. The minimum atomic E-state index is -0.728. The molecule has 0 radical (unpaired) electrons. The van der Waals surface area contributed by atoms with Gasteiger partial charge >= 0.3 is 0 Å². The molecule has 2 rings (SSSR count). The van der Waals surface area contributed by atoms with Crippen molar-refractivity contribution in [1.29, 1.82) is 5.26 Å². The van der Waals surface area contributed by atoms with Gasteiger partial charge in [-0.05, 0) is 18.2 Å². The summed E-state index contributed by atoms with van der Waals surface area (Å²) in [5, 5.41) is 15.6. The van der Waals surface area contributed by atoms with E-state index in [1.165, 1.54) is 30.5 Å². The number of ether oxygens (including phenoxy) is 1. The molecule has 0 saturated heterocycles. The minimum Gasteiger partial charge on any atom is -0.433 e. The summed E-state index contributed by atoms with van der Waals surface area (Å²) in [5.41, 5.74) is 0.166. The van der Waals surface area contributed by atoms with Gasteiger partial charge in [0.1, 0.15) is 6.07 Å². The van der Waals surface area contributed by atoms with Crippen LogP contribution in [0.1, 0.15) is 5.69 Å². The van der Waals surface area contributed by atoms with Crippen LogP contribution in [0.25, 0.3) is 0 Å². The molecule has 16 heavy (non-hydrogen) atoms. The van der Waals surface area contributed by atoms with Crippen LogP contribution >= 0.6 is 0 Å². The normalized spacial score (nSPS) is 9.50. The first kappa shape index (κ1) is 9.98. The van der Waals surface area contributed by atoms with E-state index in [0.717, 1.165) is 0 Å². The lowest BCUT2D eigenvalue weighted by Crippen LogP contribution is -1.95. The molecule has 0 amide bonds. The number of nitriles is 1. The highest BCUT2D eigenvalue weighted by atomic mass is 19.1. The Morgan fingerprint density at radius 2 is 2.12 bits per heavy atom. The van der Waals surface area contributed by atoms with E-state index in [1.807, 2.05) is 6.07 Å². The van der Waals surface area contributed by atoms with E-state index >= 15 is 0 Å². The maximum absolute atomic E-state index is 13.1. The third-order valence-electron chi connectivity index (χ3n) is 1.69. The highest BCUT2D eigenvalue weighted by Gasteiger charge is 2.05. The monoisotopic (exact) mass is 216 g/mol. The lowest BCUT2D eigenvalue weighted by atomic mass is 10.4. The second-order valence-corrected chi connectivity index (χ2v) is 2.76. The van der Waals surface area contributed by atoms with E-state index in [0.29, 0.717) is 0 Å². The van der Waals surface area contributed by atoms with Gasteiger partial charge in [-0.3, -0.25) is 0 Å². The van der Waals surface area contributed by atoms with Crippen molar-refractivity contribution in [2.45, 2.75) is 0 Å². The SMILES string of the molecule is N#Cc1ccc(Oc2cccnc2F)nn1. The number of hydrogen-bond acceptors (Lipinski definition) is 5. The summed E-state index contributed by atoms with van der Waals surface area (Å²) in [5.74, 6) is -0.666. The van der Waals surface area contributed by atoms with Crippen LogP contribution in [0.4, 0.5) is 4.39 Å². The van der Waals surface area contributed by atoms with E-state index in [2.05, 4.69) is 15.2 Å². The molecule has 0 unspecified atom stereocenters. The Balaban J connectivity index is 2.22. The van der Waals surface area contributed by atoms with Crippen molar-refractivity contribution >= 4 is 0 Å². The topological polar surface area (TPSA) is 71.7 Å². The Morgan fingerprint density at radius 3 is 2.75 bits per heavy atom. The summed E-state index contributed by atoms with van der Waals surface area (Å²) in [6, 6.07) is 7.63. The molecule has 78 valence electrons. The number of pyridine rings is 1. The Labute approximate surface area is 90.2 Å². The second-order valence-electron chi connectivity index (χ2n) is 2.76. The summed E-state index contributed by atoms with van der Waals surface area (Å²) in [7, 11) is 0. The Kier molecular flexibility index (Phi) is 2.69. The predicted octanol–water partition coefficient (Wildman–Crippen LogP) is 1.67. The van der Waals surface area contributed by atoms with Gasteiger partial charge in [0.25, 0.3) is 5.95 Å².